The average Bonchev–Trinajstić information content (AvgIpc) is 2.85. The van der Waals surface area contributed by atoms with Gasteiger partial charge in [-0.3, -0.25) is 14.0 Å². The molecule has 2 aromatic carbocycles. The second-order valence-electron chi connectivity index (χ2n) is 8.21. The molecule has 1 amide bonds. The van der Waals surface area contributed by atoms with Crippen molar-refractivity contribution in [3.8, 4) is 23.1 Å². The molecule has 11 heteroatoms. The third-order valence-electron chi connectivity index (χ3n) is 5.75. The molecule has 0 saturated carbocycles. The van der Waals surface area contributed by atoms with Crippen LogP contribution in [0.15, 0.2) is 71.7 Å². The fourth-order valence-corrected chi connectivity index (χ4v) is 4.02. The fraction of sp³-hybridized carbons (Fsp3) is 0.192. The maximum absolute atomic E-state index is 13.3. The van der Waals surface area contributed by atoms with Crippen LogP contribution >= 0.6 is 0 Å². The molecule has 2 heterocycles. The van der Waals surface area contributed by atoms with E-state index in [2.05, 4.69) is 15.0 Å². The largest absolute Gasteiger partial charge is 0.504 e. The number of nitrogens with one attached hydrogen (secondary N) is 1. The number of amides is 1. The summed E-state index contributed by atoms with van der Waals surface area (Å²) in [5, 5.41) is 32.4. The van der Waals surface area contributed by atoms with Crippen molar-refractivity contribution in [2.45, 2.75) is 25.4 Å². The van der Waals surface area contributed by atoms with E-state index in [1.54, 1.807) is 18.2 Å². The molecule has 9 nitrogen and oxygen atoms in total. The smallest absolute Gasteiger partial charge is 0.387 e. The summed E-state index contributed by atoms with van der Waals surface area (Å²) in [7, 11) is 0. The first-order valence-corrected chi connectivity index (χ1v) is 11.3. The van der Waals surface area contributed by atoms with Crippen LogP contribution < -0.4 is 15.6 Å². The quantitative estimate of drug-likeness (QED) is 0.254. The molecule has 0 spiro atoms. The molecular weight excluding hydrogens is 488 g/mol. The predicted molar refractivity (Wildman–Crippen MR) is 129 cm³/mol. The summed E-state index contributed by atoms with van der Waals surface area (Å²) >= 11 is 0. The average molecular weight is 511 g/mol. The summed E-state index contributed by atoms with van der Waals surface area (Å²) in [6.45, 7) is -2.90. The first kappa shape index (κ1) is 25.4. The Balaban J connectivity index is 1.63. The highest BCUT2D eigenvalue weighted by atomic mass is 19.3. The number of halogens is 2. The highest BCUT2D eigenvalue weighted by molar-refractivity contribution is 5.77. The number of nitrogens with zero attached hydrogens (tertiary/aromatic N) is 2. The van der Waals surface area contributed by atoms with Crippen LogP contribution in [0.4, 0.5) is 8.78 Å². The van der Waals surface area contributed by atoms with Crippen LogP contribution in [0.5, 0.6) is 23.1 Å². The summed E-state index contributed by atoms with van der Waals surface area (Å²) in [6.07, 6.45) is 1.50. The number of benzene rings is 2. The number of aromatic hydroxyl groups is 3. The Morgan fingerprint density at radius 1 is 1.03 bits per heavy atom. The Hall–Kier alpha value is -4.67. The van der Waals surface area contributed by atoms with Crippen LogP contribution in [0.3, 0.4) is 0 Å². The molecule has 0 fully saturated rings. The maximum Gasteiger partial charge on any atom is 0.387 e. The van der Waals surface area contributed by atoms with E-state index in [1.807, 2.05) is 0 Å². The predicted octanol–water partition coefficient (Wildman–Crippen LogP) is 3.29. The highest BCUT2D eigenvalue weighted by Gasteiger charge is 2.27. The van der Waals surface area contributed by atoms with E-state index >= 15 is 0 Å². The lowest BCUT2D eigenvalue weighted by Gasteiger charge is -2.19. The first-order chi connectivity index (χ1) is 17.7. The molecule has 0 aliphatic rings. The van der Waals surface area contributed by atoms with E-state index in [0.717, 1.165) is 0 Å². The zero-order valence-corrected chi connectivity index (χ0v) is 19.3. The molecule has 0 bridgehead atoms. The topological polar surface area (TPSA) is 133 Å². The third-order valence-corrected chi connectivity index (χ3v) is 5.75. The SMILES string of the molecule is O=C(C[C@H](c1cccc(OC(F)F)c1)c1c(O)nc2ccccn2c1=O)NCCc1ccc(O)c(O)c1. The summed E-state index contributed by atoms with van der Waals surface area (Å²) in [4.78, 5) is 30.3. The first-order valence-electron chi connectivity index (χ1n) is 11.3. The number of carbonyl (C=O) groups is 1. The molecule has 0 aliphatic heterocycles. The number of hydrogen-bond donors (Lipinski definition) is 4. The lowest BCUT2D eigenvalue weighted by molar-refractivity contribution is -0.121. The van der Waals surface area contributed by atoms with Crippen molar-refractivity contribution in [2.24, 2.45) is 0 Å². The van der Waals surface area contributed by atoms with Gasteiger partial charge in [-0.1, -0.05) is 24.3 Å². The number of carbonyl (C=O) groups excluding carboxylic acids is 1. The van der Waals surface area contributed by atoms with Crippen molar-refractivity contribution >= 4 is 11.6 Å². The lowest BCUT2D eigenvalue weighted by atomic mass is 9.89. The van der Waals surface area contributed by atoms with Crippen molar-refractivity contribution in [1.29, 1.82) is 0 Å². The molecule has 0 saturated heterocycles. The van der Waals surface area contributed by atoms with E-state index in [1.165, 1.54) is 53.1 Å². The number of alkyl halides is 2. The minimum absolute atomic E-state index is 0.168. The van der Waals surface area contributed by atoms with Gasteiger partial charge in [0.15, 0.2) is 11.5 Å². The number of hydrogen-bond acceptors (Lipinski definition) is 7. The number of phenols is 2. The number of fused-ring (bicyclic) bond motifs is 1. The summed E-state index contributed by atoms with van der Waals surface area (Å²) in [6, 6.07) is 14.7. The van der Waals surface area contributed by atoms with E-state index in [9.17, 15) is 33.7 Å². The number of rotatable bonds is 9. The Bertz CT molecular complexity index is 1490. The maximum atomic E-state index is 13.3. The Morgan fingerprint density at radius 3 is 2.59 bits per heavy atom. The van der Waals surface area contributed by atoms with Crippen LogP contribution in [0, 0.1) is 0 Å². The zero-order chi connectivity index (χ0) is 26.5. The molecule has 4 aromatic rings. The van der Waals surface area contributed by atoms with Crippen molar-refractivity contribution in [1.82, 2.24) is 14.7 Å². The van der Waals surface area contributed by atoms with Crippen LogP contribution in [-0.4, -0.2) is 43.8 Å². The second kappa shape index (κ2) is 10.9. The molecule has 4 rings (SSSR count). The van der Waals surface area contributed by atoms with Crippen molar-refractivity contribution in [3.05, 3.63) is 93.9 Å². The summed E-state index contributed by atoms with van der Waals surface area (Å²) < 4.78 is 31.3. The number of pyridine rings is 1. The number of aromatic nitrogens is 2. The molecular formula is C26H23F2N3O6. The normalized spacial score (nSPS) is 12.0. The van der Waals surface area contributed by atoms with Gasteiger partial charge in [0, 0.05) is 25.1 Å². The summed E-state index contributed by atoms with van der Waals surface area (Å²) in [5.74, 6) is -2.80. The van der Waals surface area contributed by atoms with Gasteiger partial charge in [-0.25, -0.2) is 0 Å². The van der Waals surface area contributed by atoms with Crippen LogP contribution in [0.2, 0.25) is 0 Å². The second-order valence-corrected chi connectivity index (χ2v) is 8.21. The van der Waals surface area contributed by atoms with E-state index < -0.39 is 29.9 Å². The minimum atomic E-state index is -3.07. The van der Waals surface area contributed by atoms with Gasteiger partial charge in [0.25, 0.3) is 5.56 Å². The lowest BCUT2D eigenvalue weighted by Crippen LogP contribution is -2.30. The van der Waals surface area contributed by atoms with Gasteiger partial charge in [0.1, 0.15) is 11.4 Å². The Labute approximate surface area is 209 Å². The van der Waals surface area contributed by atoms with Crippen molar-refractivity contribution in [2.75, 3.05) is 6.54 Å². The van der Waals surface area contributed by atoms with Gasteiger partial charge in [-0.05, 0) is 53.9 Å². The molecule has 192 valence electrons. The van der Waals surface area contributed by atoms with E-state index in [4.69, 9.17) is 0 Å². The van der Waals surface area contributed by atoms with E-state index in [-0.39, 0.29) is 41.4 Å². The van der Waals surface area contributed by atoms with Crippen LogP contribution in [-0.2, 0) is 11.2 Å². The number of phenolic OH excluding ortho intramolecular Hbond substituents is 2. The summed E-state index contributed by atoms with van der Waals surface area (Å²) in [5.41, 5.74) is 0.376. The highest BCUT2D eigenvalue weighted by Crippen LogP contribution is 2.33. The molecule has 1 atom stereocenters. The molecule has 37 heavy (non-hydrogen) atoms. The van der Waals surface area contributed by atoms with Crippen molar-refractivity contribution in [3.63, 3.8) is 0 Å². The van der Waals surface area contributed by atoms with Gasteiger partial charge in [0.2, 0.25) is 11.8 Å². The molecule has 4 N–H and O–H groups in total. The molecule has 2 aromatic heterocycles. The van der Waals surface area contributed by atoms with Gasteiger partial charge in [-0.2, -0.15) is 13.8 Å². The Morgan fingerprint density at radius 2 is 1.84 bits per heavy atom. The van der Waals surface area contributed by atoms with Gasteiger partial charge >= 0.3 is 6.61 Å². The van der Waals surface area contributed by atoms with E-state index in [0.29, 0.717) is 17.5 Å². The standard InChI is InChI=1S/C26H23F2N3O6/c27-26(28)37-17-5-3-4-16(13-17)18(23-24(35)30-21-6-1-2-11-31(21)25(23)36)14-22(34)29-10-9-15-7-8-19(32)20(33)12-15/h1-8,11-13,18,26,32-33,35H,9-10,14H2,(H,29,34)/t18-/m1/s1. The fourth-order valence-electron chi connectivity index (χ4n) is 4.02. The molecule has 0 aliphatic carbocycles. The van der Waals surface area contributed by atoms with Crippen LogP contribution in [0.25, 0.3) is 5.65 Å². The third kappa shape index (κ3) is 5.95. The number of ether oxygens (including phenoxy) is 1. The van der Waals surface area contributed by atoms with Gasteiger partial charge < -0.3 is 25.4 Å². The van der Waals surface area contributed by atoms with Crippen molar-refractivity contribution < 1.29 is 33.6 Å². The van der Waals surface area contributed by atoms with Crippen LogP contribution in [0.1, 0.15) is 29.0 Å². The zero-order valence-electron chi connectivity index (χ0n) is 19.3. The molecule has 0 unspecified atom stereocenters. The Kier molecular flexibility index (Phi) is 7.52. The monoisotopic (exact) mass is 511 g/mol. The molecule has 0 radical (unpaired) electrons. The van der Waals surface area contributed by atoms with Gasteiger partial charge in [-0.15, -0.1) is 0 Å². The minimum Gasteiger partial charge on any atom is -0.504 e. The van der Waals surface area contributed by atoms with Gasteiger partial charge in [0.05, 0.1) is 5.56 Å².